The highest BCUT2D eigenvalue weighted by molar-refractivity contribution is 5.91. The summed E-state index contributed by atoms with van der Waals surface area (Å²) in [4.78, 5) is 13.2. The van der Waals surface area contributed by atoms with E-state index in [9.17, 15) is 4.79 Å². The molecule has 70 valence electrons. The second-order valence-electron chi connectivity index (χ2n) is 3.42. The van der Waals surface area contributed by atoms with Gasteiger partial charge >= 0.3 is 0 Å². The highest BCUT2D eigenvalue weighted by atomic mass is 16.2. The van der Waals surface area contributed by atoms with Gasteiger partial charge in [-0.05, 0) is 13.3 Å². The zero-order chi connectivity index (χ0) is 9.90. The van der Waals surface area contributed by atoms with E-state index in [0.717, 1.165) is 6.42 Å². The van der Waals surface area contributed by atoms with Gasteiger partial charge in [0.05, 0.1) is 5.54 Å². The monoisotopic (exact) mass is 177 g/mol. The van der Waals surface area contributed by atoms with Gasteiger partial charge in [-0.2, -0.15) is 0 Å². The molecule has 2 nitrogen and oxygen atoms in total. The maximum absolute atomic E-state index is 11.4. The summed E-state index contributed by atoms with van der Waals surface area (Å²) in [6, 6.07) is 0. The minimum atomic E-state index is -0.201. The molecule has 1 amide bonds. The predicted molar refractivity (Wildman–Crippen MR) is 54.3 cm³/mol. The fourth-order valence-corrected chi connectivity index (χ4v) is 1.58. The second kappa shape index (κ2) is 3.60. The molecule has 0 saturated heterocycles. The molecule has 1 rings (SSSR count). The third-order valence-electron chi connectivity index (χ3n) is 2.34. The maximum atomic E-state index is 11.4. The van der Waals surface area contributed by atoms with Crippen LogP contribution in [0.1, 0.15) is 13.3 Å². The smallest absolute Gasteiger partial charge is 0.247 e. The molecule has 0 spiro atoms. The molecule has 1 atom stereocenters. The Morgan fingerprint density at radius 1 is 1.54 bits per heavy atom. The molecule has 0 radical (unpaired) electrons. The van der Waals surface area contributed by atoms with Crippen molar-refractivity contribution >= 4 is 5.91 Å². The first-order valence-electron chi connectivity index (χ1n) is 4.36. The van der Waals surface area contributed by atoms with Crippen LogP contribution in [-0.4, -0.2) is 22.9 Å². The number of carbonyl (C=O) groups excluding carboxylic acids is 1. The molecular formula is C11H15NO. The Hall–Kier alpha value is -1.31. The lowest BCUT2D eigenvalue weighted by molar-refractivity contribution is -0.127. The SMILES string of the molecule is C=CCN1C(=O)C=C[C@]1(C)CC=C. The van der Waals surface area contributed by atoms with Gasteiger partial charge in [0.1, 0.15) is 0 Å². The summed E-state index contributed by atoms with van der Waals surface area (Å²) in [5.74, 6) is 0.0595. The van der Waals surface area contributed by atoms with Crippen molar-refractivity contribution in [1.82, 2.24) is 4.90 Å². The van der Waals surface area contributed by atoms with Crippen molar-refractivity contribution in [1.29, 1.82) is 0 Å². The van der Waals surface area contributed by atoms with E-state index in [-0.39, 0.29) is 11.4 Å². The molecule has 0 saturated carbocycles. The molecule has 0 aromatic heterocycles. The van der Waals surface area contributed by atoms with E-state index in [4.69, 9.17) is 0 Å². The van der Waals surface area contributed by atoms with Crippen molar-refractivity contribution < 1.29 is 4.79 Å². The molecule has 0 unspecified atom stereocenters. The second-order valence-corrected chi connectivity index (χ2v) is 3.42. The third kappa shape index (κ3) is 1.72. The average Bonchev–Trinajstić information content (AvgIpc) is 2.34. The predicted octanol–water partition coefficient (Wildman–Crippen LogP) is 1.91. The van der Waals surface area contributed by atoms with E-state index in [1.807, 2.05) is 19.1 Å². The van der Waals surface area contributed by atoms with Gasteiger partial charge in [0.25, 0.3) is 0 Å². The summed E-state index contributed by atoms with van der Waals surface area (Å²) in [6.45, 7) is 9.95. The number of nitrogens with zero attached hydrogens (tertiary/aromatic N) is 1. The first kappa shape index (κ1) is 9.78. The number of rotatable bonds is 4. The highest BCUT2D eigenvalue weighted by Gasteiger charge is 2.34. The molecule has 1 aliphatic rings. The van der Waals surface area contributed by atoms with Crippen LogP contribution in [0.4, 0.5) is 0 Å². The number of amides is 1. The minimum absolute atomic E-state index is 0.0595. The molecule has 0 bridgehead atoms. The van der Waals surface area contributed by atoms with Crippen LogP contribution in [0.3, 0.4) is 0 Å². The lowest BCUT2D eigenvalue weighted by Crippen LogP contribution is -2.43. The molecule has 0 fully saturated rings. The van der Waals surface area contributed by atoms with Crippen LogP contribution in [-0.2, 0) is 4.79 Å². The molecule has 13 heavy (non-hydrogen) atoms. The fourth-order valence-electron chi connectivity index (χ4n) is 1.58. The first-order chi connectivity index (χ1) is 6.14. The Bertz CT molecular complexity index is 267. The van der Waals surface area contributed by atoms with Gasteiger partial charge in [-0.15, -0.1) is 13.2 Å². The van der Waals surface area contributed by atoms with Crippen molar-refractivity contribution in [3.63, 3.8) is 0 Å². The number of hydrogen-bond donors (Lipinski definition) is 0. The summed E-state index contributed by atoms with van der Waals surface area (Å²) in [5, 5.41) is 0. The Kier molecular flexibility index (Phi) is 2.71. The summed E-state index contributed by atoms with van der Waals surface area (Å²) in [5.41, 5.74) is -0.201. The molecule has 1 heterocycles. The molecule has 0 aromatic rings. The van der Waals surface area contributed by atoms with Gasteiger partial charge < -0.3 is 4.90 Å². The van der Waals surface area contributed by atoms with E-state index in [2.05, 4.69) is 13.2 Å². The maximum Gasteiger partial charge on any atom is 0.247 e. The lowest BCUT2D eigenvalue weighted by atomic mass is 9.98. The molecule has 2 heteroatoms. The molecule has 0 aliphatic carbocycles. The quantitative estimate of drug-likeness (QED) is 0.601. The van der Waals surface area contributed by atoms with Crippen LogP contribution in [0, 0.1) is 0 Å². The van der Waals surface area contributed by atoms with E-state index < -0.39 is 0 Å². The van der Waals surface area contributed by atoms with Gasteiger partial charge in [0, 0.05) is 12.6 Å². The Labute approximate surface area is 79.2 Å². The molecular weight excluding hydrogens is 162 g/mol. The van der Waals surface area contributed by atoms with Crippen molar-refractivity contribution in [3.05, 3.63) is 37.5 Å². The van der Waals surface area contributed by atoms with Crippen LogP contribution in [0.15, 0.2) is 37.5 Å². The number of carbonyl (C=O) groups is 1. The first-order valence-corrected chi connectivity index (χ1v) is 4.36. The van der Waals surface area contributed by atoms with Crippen LogP contribution in [0.2, 0.25) is 0 Å². The van der Waals surface area contributed by atoms with Gasteiger partial charge in [0.15, 0.2) is 0 Å². The van der Waals surface area contributed by atoms with Gasteiger partial charge in [-0.3, -0.25) is 4.79 Å². The van der Waals surface area contributed by atoms with Crippen LogP contribution in [0.5, 0.6) is 0 Å². The van der Waals surface area contributed by atoms with Gasteiger partial charge in [0.2, 0.25) is 5.91 Å². The molecule has 1 aliphatic heterocycles. The van der Waals surface area contributed by atoms with Crippen LogP contribution < -0.4 is 0 Å². The normalized spacial score (nSPS) is 26.5. The van der Waals surface area contributed by atoms with Crippen LogP contribution in [0.25, 0.3) is 0 Å². The highest BCUT2D eigenvalue weighted by Crippen LogP contribution is 2.27. The third-order valence-corrected chi connectivity index (χ3v) is 2.34. The topological polar surface area (TPSA) is 20.3 Å². The van der Waals surface area contributed by atoms with E-state index >= 15 is 0 Å². The van der Waals surface area contributed by atoms with Gasteiger partial charge in [-0.1, -0.05) is 18.2 Å². The number of hydrogen-bond acceptors (Lipinski definition) is 1. The Morgan fingerprint density at radius 3 is 2.77 bits per heavy atom. The standard InChI is InChI=1S/C11H15NO/c1-4-7-11(3)8-6-10(13)12(11)9-5-2/h4-6,8H,1-2,7,9H2,3H3/t11-/m0/s1. The van der Waals surface area contributed by atoms with Crippen LogP contribution >= 0.6 is 0 Å². The average molecular weight is 177 g/mol. The van der Waals surface area contributed by atoms with E-state index in [0.29, 0.717) is 6.54 Å². The summed E-state index contributed by atoms with van der Waals surface area (Å²) in [6.07, 6.45) is 7.90. The molecule has 0 aromatic carbocycles. The summed E-state index contributed by atoms with van der Waals surface area (Å²) < 4.78 is 0. The van der Waals surface area contributed by atoms with Crippen molar-refractivity contribution in [2.75, 3.05) is 6.54 Å². The van der Waals surface area contributed by atoms with E-state index in [1.54, 1.807) is 17.1 Å². The Balaban J connectivity index is 2.83. The molecule has 0 N–H and O–H groups in total. The Morgan fingerprint density at radius 2 is 2.23 bits per heavy atom. The summed E-state index contributed by atoms with van der Waals surface area (Å²) >= 11 is 0. The summed E-state index contributed by atoms with van der Waals surface area (Å²) in [7, 11) is 0. The van der Waals surface area contributed by atoms with Crippen molar-refractivity contribution in [3.8, 4) is 0 Å². The largest absolute Gasteiger partial charge is 0.326 e. The van der Waals surface area contributed by atoms with Crippen molar-refractivity contribution in [2.45, 2.75) is 18.9 Å². The zero-order valence-electron chi connectivity index (χ0n) is 7.99. The lowest BCUT2D eigenvalue weighted by Gasteiger charge is -2.33. The minimum Gasteiger partial charge on any atom is -0.326 e. The van der Waals surface area contributed by atoms with Gasteiger partial charge in [-0.25, -0.2) is 0 Å². The van der Waals surface area contributed by atoms with E-state index in [1.165, 1.54) is 0 Å². The fraction of sp³-hybridized carbons (Fsp3) is 0.364. The van der Waals surface area contributed by atoms with Crippen molar-refractivity contribution in [2.24, 2.45) is 0 Å². The zero-order valence-corrected chi connectivity index (χ0v) is 7.99.